The molecule has 0 spiro atoms. The Bertz CT molecular complexity index is 744. The summed E-state index contributed by atoms with van der Waals surface area (Å²) in [5.41, 5.74) is 2.14. The summed E-state index contributed by atoms with van der Waals surface area (Å²) in [5, 5.41) is 21.7. The van der Waals surface area contributed by atoms with E-state index in [9.17, 15) is 4.79 Å². The Balaban J connectivity index is 1.76. The molecule has 0 bridgehead atoms. The minimum absolute atomic E-state index is 0.0787. The number of aromatic nitrogens is 5. The van der Waals surface area contributed by atoms with Gasteiger partial charge in [0.1, 0.15) is 5.78 Å². The van der Waals surface area contributed by atoms with E-state index in [0.717, 1.165) is 43.6 Å². The second-order valence-corrected chi connectivity index (χ2v) is 7.30. The molecule has 3 rings (SSSR count). The van der Waals surface area contributed by atoms with E-state index in [4.69, 9.17) is 5.41 Å². The fourth-order valence-electron chi connectivity index (χ4n) is 3.95. The molecular formula is C19H27N7O. The zero-order valence-electron chi connectivity index (χ0n) is 15.9. The monoisotopic (exact) mass is 369 g/mol. The first-order chi connectivity index (χ1) is 13.1. The van der Waals surface area contributed by atoms with Crippen LogP contribution in [-0.2, 0) is 11.2 Å². The molecule has 1 saturated heterocycles. The molecule has 3 atom stereocenters. The molecule has 0 aromatic carbocycles. The lowest BCUT2D eigenvalue weighted by atomic mass is 9.81. The normalized spacial score (nSPS) is 19.0. The molecule has 1 unspecified atom stereocenters. The van der Waals surface area contributed by atoms with Crippen molar-refractivity contribution in [3.63, 3.8) is 0 Å². The van der Waals surface area contributed by atoms with Crippen LogP contribution in [0.4, 0.5) is 0 Å². The molecule has 0 saturated carbocycles. The number of nitrogens with one attached hydrogen (secondary N) is 2. The Morgan fingerprint density at radius 1 is 1.48 bits per heavy atom. The van der Waals surface area contributed by atoms with Gasteiger partial charge in [0, 0.05) is 42.7 Å². The van der Waals surface area contributed by atoms with Gasteiger partial charge in [0.2, 0.25) is 0 Å². The number of hydrogen-bond donors (Lipinski definition) is 2. The predicted molar refractivity (Wildman–Crippen MR) is 102 cm³/mol. The summed E-state index contributed by atoms with van der Waals surface area (Å²) >= 11 is 0. The molecule has 0 aliphatic carbocycles. The van der Waals surface area contributed by atoms with Gasteiger partial charge < -0.3 is 4.90 Å². The van der Waals surface area contributed by atoms with Gasteiger partial charge in [-0.15, -0.1) is 5.10 Å². The summed E-state index contributed by atoms with van der Waals surface area (Å²) in [7, 11) is 0. The van der Waals surface area contributed by atoms with Crippen molar-refractivity contribution in [2.24, 2.45) is 5.92 Å². The van der Waals surface area contributed by atoms with Gasteiger partial charge in [-0.1, -0.05) is 19.4 Å². The third kappa shape index (κ3) is 4.56. The van der Waals surface area contributed by atoms with E-state index in [1.165, 1.54) is 6.34 Å². The van der Waals surface area contributed by atoms with Crippen LogP contribution < -0.4 is 0 Å². The van der Waals surface area contributed by atoms with E-state index in [1.807, 2.05) is 11.1 Å². The summed E-state index contributed by atoms with van der Waals surface area (Å²) in [6.45, 7) is 5.50. The number of carbonyl (C=O) groups is 1. The Hall–Kier alpha value is -2.64. The average Bonchev–Trinajstić information content (AvgIpc) is 3.36. The molecule has 0 radical (unpaired) electrons. The third-order valence-electron chi connectivity index (χ3n) is 5.44. The zero-order valence-corrected chi connectivity index (χ0v) is 15.9. The number of tetrazole rings is 1. The highest BCUT2D eigenvalue weighted by Gasteiger charge is 2.30. The smallest absolute Gasteiger partial charge is 0.152 e. The lowest BCUT2D eigenvalue weighted by molar-refractivity contribution is -0.121. The molecule has 1 aliphatic rings. The van der Waals surface area contributed by atoms with Crippen molar-refractivity contribution in [3.05, 3.63) is 35.4 Å². The summed E-state index contributed by atoms with van der Waals surface area (Å²) < 4.78 is 0. The minimum atomic E-state index is -0.111. The summed E-state index contributed by atoms with van der Waals surface area (Å²) in [6.07, 6.45) is 6.75. The average molecular weight is 369 g/mol. The van der Waals surface area contributed by atoms with Crippen molar-refractivity contribution in [1.82, 2.24) is 30.5 Å². The Kier molecular flexibility index (Phi) is 6.26. The van der Waals surface area contributed by atoms with E-state index in [2.05, 4.69) is 44.7 Å². The molecule has 2 aromatic rings. The van der Waals surface area contributed by atoms with Gasteiger partial charge in [0.25, 0.3) is 0 Å². The summed E-state index contributed by atoms with van der Waals surface area (Å²) in [5.74, 6) is 1.01. The van der Waals surface area contributed by atoms with E-state index in [1.54, 1.807) is 6.92 Å². The topological polar surface area (TPSA) is 112 Å². The molecule has 144 valence electrons. The lowest BCUT2D eigenvalue weighted by Gasteiger charge is -2.22. The van der Waals surface area contributed by atoms with Gasteiger partial charge in [0.05, 0.1) is 6.34 Å². The molecule has 2 aromatic heterocycles. The fraction of sp³-hybridized carbons (Fsp3) is 0.579. The van der Waals surface area contributed by atoms with Crippen LogP contribution in [0.5, 0.6) is 0 Å². The molecule has 3 heterocycles. The van der Waals surface area contributed by atoms with Gasteiger partial charge in [-0.3, -0.25) is 15.2 Å². The molecule has 8 nitrogen and oxygen atoms in total. The van der Waals surface area contributed by atoms with Crippen LogP contribution in [0, 0.1) is 11.3 Å². The first-order valence-electron chi connectivity index (χ1n) is 9.55. The summed E-state index contributed by atoms with van der Waals surface area (Å²) in [6, 6.07) is 4.17. The van der Waals surface area contributed by atoms with Crippen molar-refractivity contribution in [2.75, 3.05) is 13.1 Å². The zero-order chi connectivity index (χ0) is 19.2. The van der Waals surface area contributed by atoms with Gasteiger partial charge in [0.15, 0.2) is 5.82 Å². The highest BCUT2D eigenvalue weighted by atomic mass is 16.1. The SMILES string of the molecule is CCC[C@H](C(C)=O)[C@H](Cc1ccc(C2CCN(C=N)C2)nc1)c1nnn[nH]1. The third-order valence-corrected chi connectivity index (χ3v) is 5.44. The minimum Gasteiger partial charge on any atom is -0.362 e. The molecule has 8 heteroatoms. The molecule has 0 amide bonds. The first kappa shape index (κ1) is 19.1. The van der Waals surface area contributed by atoms with Crippen LogP contribution >= 0.6 is 0 Å². The van der Waals surface area contributed by atoms with Gasteiger partial charge in [-0.25, -0.2) is 5.10 Å². The number of carbonyl (C=O) groups excluding carboxylic acids is 1. The lowest BCUT2D eigenvalue weighted by Crippen LogP contribution is -2.23. The van der Waals surface area contributed by atoms with Crippen LogP contribution in [0.2, 0.25) is 0 Å². The maximum absolute atomic E-state index is 12.2. The standard InChI is InChI=1S/C19H27N7O/c1-3-4-16(13(2)27)17(19-22-24-25-23-19)9-14-5-6-18(21-10-14)15-7-8-26(11-15)12-20/h5-6,10,12,15-17,20H,3-4,7-9,11H2,1-2H3,(H,22,23,24,25)/t15?,16-,17+/m1/s1. The second-order valence-electron chi connectivity index (χ2n) is 7.30. The second kappa shape index (κ2) is 8.83. The highest BCUT2D eigenvalue weighted by Crippen LogP contribution is 2.31. The van der Waals surface area contributed by atoms with E-state index in [0.29, 0.717) is 18.2 Å². The van der Waals surface area contributed by atoms with Crippen LogP contribution in [0.3, 0.4) is 0 Å². The maximum atomic E-state index is 12.2. The number of nitrogens with zero attached hydrogens (tertiary/aromatic N) is 5. The number of pyridine rings is 1. The number of Topliss-reactive ketones (excluding diaryl/α,β-unsaturated/α-hetero) is 1. The molecule has 2 N–H and O–H groups in total. The molecular weight excluding hydrogens is 342 g/mol. The largest absolute Gasteiger partial charge is 0.362 e. The molecule has 27 heavy (non-hydrogen) atoms. The Morgan fingerprint density at radius 2 is 2.33 bits per heavy atom. The Morgan fingerprint density at radius 3 is 2.89 bits per heavy atom. The Labute approximate surface area is 159 Å². The van der Waals surface area contributed by atoms with Crippen LogP contribution in [0.25, 0.3) is 0 Å². The van der Waals surface area contributed by atoms with Gasteiger partial charge >= 0.3 is 0 Å². The number of aromatic amines is 1. The molecule has 1 fully saturated rings. The highest BCUT2D eigenvalue weighted by molar-refractivity contribution is 5.79. The quantitative estimate of drug-likeness (QED) is 0.518. The maximum Gasteiger partial charge on any atom is 0.152 e. The predicted octanol–water partition coefficient (Wildman–Crippen LogP) is 2.32. The van der Waals surface area contributed by atoms with Crippen molar-refractivity contribution in [1.29, 1.82) is 5.41 Å². The van der Waals surface area contributed by atoms with Crippen molar-refractivity contribution >= 4 is 12.1 Å². The number of H-pyrrole nitrogens is 1. The number of hydrogen-bond acceptors (Lipinski definition) is 6. The fourth-order valence-corrected chi connectivity index (χ4v) is 3.95. The van der Waals surface area contributed by atoms with Gasteiger partial charge in [-0.2, -0.15) is 0 Å². The van der Waals surface area contributed by atoms with E-state index < -0.39 is 0 Å². The van der Waals surface area contributed by atoms with E-state index >= 15 is 0 Å². The first-order valence-corrected chi connectivity index (χ1v) is 9.55. The molecule has 1 aliphatic heterocycles. The summed E-state index contributed by atoms with van der Waals surface area (Å²) in [4.78, 5) is 18.9. The van der Waals surface area contributed by atoms with Crippen LogP contribution in [0.1, 0.15) is 62.0 Å². The van der Waals surface area contributed by atoms with Crippen molar-refractivity contribution in [2.45, 2.75) is 51.4 Å². The van der Waals surface area contributed by atoms with Crippen molar-refractivity contribution < 1.29 is 4.79 Å². The van der Waals surface area contributed by atoms with Crippen LogP contribution in [-0.4, -0.2) is 55.7 Å². The van der Waals surface area contributed by atoms with Crippen molar-refractivity contribution in [3.8, 4) is 0 Å². The van der Waals surface area contributed by atoms with Crippen LogP contribution in [0.15, 0.2) is 18.3 Å². The number of rotatable bonds is 9. The van der Waals surface area contributed by atoms with Gasteiger partial charge in [-0.05, 0) is 48.2 Å². The number of ketones is 1. The van der Waals surface area contributed by atoms with E-state index in [-0.39, 0.29) is 17.6 Å². The number of likely N-dealkylation sites (tertiary alicyclic amines) is 1.